The van der Waals surface area contributed by atoms with Crippen LogP contribution in [0.15, 0.2) is 30.3 Å². The molecule has 3 aliphatic carbocycles. The lowest BCUT2D eigenvalue weighted by Gasteiger charge is -2.71. The van der Waals surface area contributed by atoms with Gasteiger partial charge < -0.3 is 5.32 Å². The van der Waals surface area contributed by atoms with Crippen LogP contribution in [0.25, 0.3) is 0 Å². The second-order valence-corrected chi connectivity index (χ2v) is 4.71. The molecule has 1 N–H and O–H groups in total. The van der Waals surface area contributed by atoms with Crippen LogP contribution in [0.2, 0.25) is 0 Å². The maximum Gasteiger partial charge on any atom is 0.0204 e. The molecule has 3 fully saturated rings. The maximum atomic E-state index is 3.44. The summed E-state index contributed by atoms with van der Waals surface area (Å²) in [6.45, 7) is 0. The molecule has 0 heterocycles. The van der Waals surface area contributed by atoms with Gasteiger partial charge in [-0.2, -0.15) is 0 Å². The molecule has 13 heavy (non-hydrogen) atoms. The van der Waals surface area contributed by atoms with Crippen LogP contribution in [0, 0.1) is 0 Å². The molecule has 0 spiro atoms. The van der Waals surface area contributed by atoms with Crippen LogP contribution in [-0.2, 0) is 5.41 Å². The lowest BCUT2D eigenvalue weighted by Crippen LogP contribution is -2.75. The number of hydrogen-bond acceptors (Lipinski definition) is 1. The Morgan fingerprint density at radius 2 is 1.69 bits per heavy atom. The van der Waals surface area contributed by atoms with E-state index in [1.807, 2.05) is 0 Å². The van der Waals surface area contributed by atoms with E-state index in [0.29, 0.717) is 11.0 Å². The predicted octanol–water partition coefficient (Wildman–Crippen LogP) is 2.08. The summed E-state index contributed by atoms with van der Waals surface area (Å²) in [5.41, 5.74) is 2.63. The first-order chi connectivity index (χ1) is 6.29. The first-order valence-electron chi connectivity index (χ1n) is 5.03. The van der Waals surface area contributed by atoms with Crippen LogP contribution in [0.4, 0.5) is 0 Å². The Morgan fingerprint density at radius 3 is 2.23 bits per heavy atom. The van der Waals surface area contributed by atoms with Gasteiger partial charge in [0.25, 0.3) is 0 Å². The fraction of sp³-hybridized carbons (Fsp3) is 0.500. The topological polar surface area (TPSA) is 12.0 Å². The van der Waals surface area contributed by atoms with Gasteiger partial charge in [-0.15, -0.1) is 0 Å². The number of benzene rings is 1. The molecular formula is C12H15N. The lowest BCUT2D eigenvalue weighted by atomic mass is 9.37. The van der Waals surface area contributed by atoms with Crippen molar-refractivity contribution < 1.29 is 0 Å². The molecule has 0 unspecified atom stereocenters. The van der Waals surface area contributed by atoms with Crippen molar-refractivity contribution in [2.75, 3.05) is 7.05 Å². The summed E-state index contributed by atoms with van der Waals surface area (Å²) < 4.78 is 0. The SMILES string of the molecule is CNC12CC(c3ccccc3)(C1)C2. The van der Waals surface area contributed by atoms with Crippen LogP contribution < -0.4 is 5.32 Å². The van der Waals surface area contributed by atoms with Crippen LogP contribution in [0.3, 0.4) is 0 Å². The predicted molar refractivity (Wildman–Crippen MR) is 53.8 cm³/mol. The highest BCUT2D eigenvalue weighted by molar-refractivity contribution is 5.41. The highest BCUT2D eigenvalue weighted by Gasteiger charge is 2.67. The Morgan fingerprint density at radius 1 is 1.08 bits per heavy atom. The molecule has 0 atom stereocenters. The third-order valence-electron chi connectivity index (χ3n) is 3.95. The molecule has 4 rings (SSSR count). The van der Waals surface area contributed by atoms with Gasteiger partial charge in [-0.3, -0.25) is 0 Å². The summed E-state index contributed by atoms with van der Waals surface area (Å²) in [6, 6.07) is 11.0. The normalized spacial score (nSPS) is 40.7. The monoisotopic (exact) mass is 173 g/mol. The zero-order chi connectivity index (χ0) is 8.94. The summed E-state index contributed by atoms with van der Waals surface area (Å²) in [7, 11) is 2.09. The average molecular weight is 173 g/mol. The first-order valence-corrected chi connectivity index (χ1v) is 5.03. The Labute approximate surface area is 79.2 Å². The maximum absolute atomic E-state index is 3.44. The minimum Gasteiger partial charge on any atom is -0.314 e. The number of rotatable bonds is 2. The van der Waals surface area contributed by atoms with Gasteiger partial charge in [0.15, 0.2) is 0 Å². The van der Waals surface area contributed by atoms with E-state index in [9.17, 15) is 0 Å². The third kappa shape index (κ3) is 0.806. The van der Waals surface area contributed by atoms with Crippen LogP contribution in [-0.4, -0.2) is 12.6 Å². The second-order valence-electron chi connectivity index (χ2n) is 4.71. The van der Waals surface area contributed by atoms with Crippen molar-refractivity contribution >= 4 is 0 Å². The van der Waals surface area contributed by atoms with Gasteiger partial charge >= 0.3 is 0 Å². The Balaban J connectivity index is 1.85. The van der Waals surface area contributed by atoms with Crippen molar-refractivity contribution in [1.82, 2.24) is 5.32 Å². The van der Waals surface area contributed by atoms with Crippen molar-refractivity contribution in [2.45, 2.75) is 30.2 Å². The molecule has 1 aromatic rings. The van der Waals surface area contributed by atoms with Crippen LogP contribution >= 0.6 is 0 Å². The summed E-state index contributed by atoms with van der Waals surface area (Å²) >= 11 is 0. The Bertz CT molecular complexity index is 308. The van der Waals surface area contributed by atoms with E-state index in [-0.39, 0.29) is 0 Å². The van der Waals surface area contributed by atoms with E-state index in [4.69, 9.17) is 0 Å². The van der Waals surface area contributed by atoms with E-state index in [2.05, 4.69) is 42.7 Å². The van der Waals surface area contributed by atoms with Crippen molar-refractivity contribution in [2.24, 2.45) is 0 Å². The molecule has 2 bridgehead atoms. The Kier molecular flexibility index (Phi) is 1.26. The molecular weight excluding hydrogens is 158 g/mol. The molecule has 1 heteroatoms. The van der Waals surface area contributed by atoms with Crippen molar-refractivity contribution in [3.8, 4) is 0 Å². The van der Waals surface area contributed by atoms with Gasteiger partial charge in [-0.05, 0) is 31.9 Å². The third-order valence-corrected chi connectivity index (χ3v) is 3.95. The lowest BCUT2D eigenvalue weighted by molar-refractivity contribution is -0.0831. The van der Waals surface area contributed by atoms with Gasteiger partial charge in [-0.25, -0.2) is 0 Å². The van der Waals surface area contributed by atoms with Gasteiger partial charge in [0.1, 0.15) is 0 Å². The fourth-order valence-electron chi connectivity index (χ4n) is 3.15. The van der Waals surface area contributed by atoms with E-state index in [0.717, 1.165) is 0 Å². The van der Waals surface area contributed by atoms with Crippen LogP contribution in [0.5, 0.6) is 0 Å². The molecule has 0 saturated heterocycles. The van der Waals surface area contributed by atoms with Gasteiger partial charge in [0, 0.05) is 11.0 Å². The summed E-state index contributed by atoms with van der Waals surface area (Å²) in [5, 5.41) is 3.44. The molecule has 1 aromatic carbocycles. The molecule has 3 saturated carbocycles. The van der Waals surface area contributed by atoms with Crippen molar-refractivity contribution in [3.63, 3.8) is 0 Å². The van der Waals surface area contributed by atoms with E-state index in [1.54, 1.807) is 5.56 Å². The molecule has 3 aliphatic rings. The fourth-order valence-corrected chi connectivity index (χ4v) is 3.15. The molecule has 68 valence electrons. The standard InChI is InChI=1S/C12H15N/c1-13-12-7-11(8-12,9-12)10-5-3-2-4-6-10/h2-6,13H,7-9H2,1H3. The molecule has 0 aliphatic heterocycles. The minimum absolute atomic E-state index is 0.524. The second kappa shape index (κ2) is 2.16. The van der Waals surface area contributed by atoms with Gasteiger partial charge in [0.2, 0.25) is 0 Å². The van der Waals surface area contributed by atoms with E-state index < -0.39 is 0 Å². The first kappa shape index (κ1) is 7.57. The largest absolute Gasteiger partial charge is 0.314 e. The van der Waals surface area contributed by atoms with Crippen LogP contribution in [0.1, 0.15) is 24.8 Å². The molecule has 0 aromatic heterocycles. The highest BCUT2D eigenvalue weighted by Crippen LogP contribution is 2.67. The van der Waals surface area contributed by atoms with Crippen molar-refractivity contribution in [1.29, 1.82) is 0 Å². The highest BCUT2D eigenvalue weighted by atomic mass is 15.0. The smallest absolute Gasteiger partial charge is 0.0204 e. The van der Waals surface area contributed by atoms with E-state index in [1.165, 1.54) is 19.3 Å². The van der Waals surface area contributed by atoms with Gasteiger partial charge in [-0.1, -0.05) is 30.3 Å². The summed E-state index contributed by atoms with van der Waals surface area (Å²) in [4.78, 5) is 0. The zero-order valence-electron chi connectivity index (χ0n) is 8.01. The minimum atomic E-state index is 0.524. The molecule has 0 radical (unpaired) electrons. The average Bonchev–Trinajstić information content (AvgIpc) is 2.02. The van der Waals surface area contributed by atoms with Gasteiger partial charge in [0.05, 0.1) is 0 Å². The number of nitrogens with one attached hydrogen (secondary N) is 1. The zero-order valence-corrected chi connectivity index (χ0v) is 8.01. The quantitative estimate of drug-likeness (QED) is 0.722. The Hall–Kier alpha value is -0.820. The molecule has 0 amide bonds. The van der Waals surface area contributed by atoms with E-state index >= 15 is 0 Å². The summed E-state index contributed by atoms with van der Waals surface area (Å²) in [6.07, 6.45) is 4.04. The number of hydrogen-bond donors (Lipinski definition) is 1. The summed E-state index contributed by atoms with van der Waals surface area (Å²) in [5.74, 6) is 0. The molecule has 1 nitrogen and oxygen atoms in total. The van der Waals surface area contributed by atoms with Crippen molar-refractivity contribution in [3.05, 3.63) is 35.9 Å².